The Morgan fingerprint density at radius 2 is 2.00 bits per heavy atom. The van der Waals surface area contributed by atoms with Gasteiger partial charge in [0, 0.05) is 31.6 Å². The number of hydrogen-bond acceptors (Lipinski definition) is 3. The Morgan fingerprint density at radius 1 is 1.17 bits per heavy atom. The van der Waals surface area contributed by atoms with Crippen LogP contribution in [0.2, 0.25) is 0 Å². The second-order valence-corrected chi connectivity index (χ2v) is 6.45. The Labute approximate surface area is 136 Å². The number of rotatable bonds is 4. The largest absolute Gasteiger partial charge is 0.381 e. The van der Waals surface area contributed by atoms with Crippen LogP contribution in [0, 0.1) is 5.92 Å². The lowest BCUT2D eigenvalue weighted by Gasteiger charge is -2.23. The summed E-state index contributed by atoms with van der Waals surface area (Å²) in [6.45, 7) is 5.04. The van der Waals surface area contributed by atoms with Crippen molar-refractivity contribution >= 4 is 21.9 Å². The Kier molecular flexibility index (Phi) is 4.00. The van der Waals surface area contributed by atoms with Crippen LogP contribution in [0.1, 0.15) is 32.0 Å². The summed E-state index contributed by atoms with van der Waals surface area (Å²) >= 11 is 0. The number of benzene rings is 1. The quantitative estimate of drug-likeness (QED) is 0.732. The number of ether oxygens (including phenoxy) is 1. The maximum Gasteiger partial charge on any atom is 0.109 e. The van der Waals surface area contributed by atoms with Crippen molar-refractivity contribution in [2.45, 2.75) is 39.2 Å². The predicted molar refractivity (Wildman–Crippen MR) is 92.6 cm³/mol. The summed E-state index contributed by atoms with van der Waals surface area (Å²) in [6.07, 6.45) is 6.36. The molecular formula is C19H23N3O. The SMILES string of the molecule is CCCc1nc2cnc3ccccc3c2n1CC1CCOCC1. The van der Waals surface area contributed by atoms with Crippen molar-refractivity contribution < 1.29 is 4.74 Å². The van der Waals surface area contributed by atoms with E-state index >= 15 is 0 Å². The van der Waals surface area contributed by atoms with Gasteiger partial charge in [0.05, 0.1) is 17.2 Å². The van der Waals surface area contributed by atoms with E-state index in [2.05, 4.69) is 34.7 Å². The van der Waals surface area contributed by atoms with Gasteiger partial charge in [0.1, 0.15) is 11.3 Å². The monoisotopic (exact) mass is 309 g/mol. The Morgan fingerprint density at radius 3 is 2.83 bits per heavy atom. The van der Waals surface area contributed by atoms with Crippen LogP contribution in [0.5, 0.6) is 0 Å². The van der Waals surface area contributed by atoms with Crippen molar-refractivity contribution in [3.8, 4) is 0 Å². The van der Waals surface area contributed by atoms with E-state index < -0.39 is 0 Å². The molecule has 0 radical (unpaired) electrons. The fourth-order valence-electron chi connectivity index (χ4n) is 3.61. The van der Waals surface area contributed by atoms with Crippen LogP contribution in [0.4, 0.5) is 0 Å². The third-order valence-corrected chi connectivity index (χ3v) is 4.81. The molecule has 1 aliphatic heterocycles. The molecule has 0 atom stereocenters. The molecule has 0 N–H and O–H groups in total. The van der Waals surface area contributed by atoms with Gasteiger partial charge in [0.25, 0.3) is 0 Å². The molecule has 0 unspecified atom stereocenters. The van der Waals surface area contributed by atoms with E-state index in [0.29, 0.717) is 5.92 Å². The van der Waals surface area contributed by atoms with E-state index in [0.717, 1.165) is 56.5 Å². The van der Waals surface area contributed by atoms with Crippen molar-refractivity contribution in [2.75, 3.05) is 13.2 Å². The molecule has 3 heterocycles. The highest BCUT2D eigenvalue weighted by atomic mass is 16.5. The van der Waals surface area contributed by atoms with Gasteiger partial charge >= 0.3 is 0 Å². The lowest BCUT2D eigenvalue weighted by Crippen LogP contribution is -2.21. The minimum atomic E-state index is 0.684. The van der Waals surface area contributed by atoms with Crippen LogP contribution >= 0.6 is 0 Å². The van der Waals surface area contributed by atoms with Crippen LogP contribution in [0.3, 0.4) is 0 Å². The molecule has 0 amide bonds. The molecule has 23 heavy (non-hydrogen) atoms. The molecule has 0 bridgehead atoms. The third-order valence-electron chi connectivity index (χ3n) is 4.81. The van der Waals surface area contributed by atoms with Crippen LogP contribution < -0.4 is 0 Å². The van der Waals surface area contributed by atoms with Crippen molar-refractivity contribution in [3.63, 3.8) is 0 Å². The average molecular weight is 309 g/mol. The number of nitrogens with zero attached hydrogens (tertiary/aromatic N) is 3. The highest BCUT2D eigenvalue weighted by molar-refractivity contribution is 6.02. The molecule has 0 aliphatic carbocycles. The summed E-state index contributed by atoms with van der Waals surface area (Å²) in [5, 5.41) is 1.21. The fraction of sp³-hybridized carbons (Fsp3) is 0.474. The fourth-order valence-corrected chi connectivity index (χ4v) is 3.61. The van der Waals surface area contributed by atoms with E-state index in [4.69, 9.17) is 9.72 Å². The normalized spacial score (nSPS) is 16.4. The van der Waals surface area contributed by atoms with E-state index in [1.165, 1.54) is 16.7 Å². The first-order chi connectivity index (χ1) is 11.4. The number of aryl methyl sites for hydroxylation is 1. The Bertz CT molecular complexity index is 818. The van der Waals surface area contributed by atoms with Crippen molar-refractivity contribution in [1.29, 1.82) is 0 Å². The van der Waals surface area contributed by atoms with E-state index in [9.17, 15) is 0 Å². The zero-order valence-electron chi connectivity index (χ0n) is 13.7. The number of imidazole rings is 1. The maximum absolute atomic E-state index is 5.52. The van der Waals surface area contributed by atoms with Crippen LogP contribution in [0.25, 0.3) is 21.9 Å². The van der Waals surface area contributed by atoms with E-state index in [1.54, 1.807) is 0 Å². The molecule has 1 saturated heterocycles. The van der Waals surface area contributed by atoms with E-state index in [-0.39, 0.29) is 0 Å². The molecule has 4 rings (SSSR count). The van der Waals surface area contributed by atoms with Gasteiger partial charge in [0.15, 0.2) is 0 Å². The van der Waals surface area contributed by atoms with Gasteiger partial charge in [-0.3, -0.25) is 4.98 Å². The van der Waals surface area contributed by atoms with Gasteiger partial charge in [-0.2, -0.15) is 0 Å². The third kappa shape index (κ3) is 2.72. The van der Waals surface area contributed by atoms with Crippen LogP contribution in [-0.4, -0.2) is 27.7 Å². The Hall–Kier alpha value is -1.94. The summed E-state index contributed by atoms with van der Waals surface area (Å²) in [4.78, 5) is 9.46. The minimum Gasteiger partial charge on any atom is -0.381 e. The second kappa shape index (κ2) is 6.28. The zero-order valence-corrected chi connectivity index (χ0v) is 13.7. The van der Waals surface area contributed by atoms with Gasteiger partial charge in [-0.05, 0) is 31.2 Å². The average Bonchev–Trinajstić information content (AvgIpc) is 2.94. The standard InChI is InChI=1S/C19H23N3O/c1-2-5-18-21-17-12-20-16-7-4-3-6-15(16)19(17)22(18)13-14-8-10-23-11-9-14/h3-4,6-7,12,14H,2,5,8-11,13H2,1H3. The zero-order chi connectivity index (χ0) is 15.6. The number of fused-ring (bicyclic) bond motifs is 3. The van der Waals surface area contributed by atoms with Crippen molar-refractivity contribution in [2.24, 2.45) is 5.92 Å². The number of pyridine rings is 1. The molecule has 0 spiro atoms. The molecule has 1 fully saturated rings. The molecule has 1 aromatic carbocycles. The lowest BCUT2D eigenvalue weighted by atomic mass is 10.00. The highest BCUT2D eigenvalue weighted by Gasteiger charge is 2.19. The highest BCUT2D eigenvalue weighted by Crippen LogP contribution is 2.28. The first-order valence-corrected chi connectivity index (χ1v) is 8.67. The first-order valence-electron chi connectivity index (χ1n) is 8.67. The van der Waals surface area contributed by atoms with Crippen molar-refractivity contribution in [3.05, 3.63) is 36.3 Å². The molecular weight excluding hydrogens is 286 g/mol. The van der Waals surface area contributed by atoms with Crippen molar-refractivity contribution in [1.82, 2.24) is 14.5 Å². The summed E-state index contributed by atoms with van der Waals surface area (Å²) in [7, 11) is 0. The smallest absolute Gasteiger partial charge is 0.109 e. The summed E-state index contributed by atoms with van der Waals surface area (Å²) in [5.41, 5.74) is 3.33. The predicted octanol–water partition coefficient (Wildman–Crippen LogP) is 3.96. The van der Waals surface area contributed by atoms with Crippen LogP contribution in [-0.2, 0) is 17.7 Å². The molecule has 120 valence electrons. The van der Waals surface area contributed by atoms with Gasteiger partial charge in [-0.25, -0.2) is 4.98 Å². The summed E-state index contributed by atoms with van der Waals surface area (Å²) < 4.78 is 7.98. The number of aromatic nitrogens is 3. The molecule has 3 aromatic rings. The maximum atomic E-state index is 5.52. The second-order valence-electron chi connectivity index (χ2n) is 6.45. The summed E-state index contributed by atoms with van der Waals surface area (Å²) in [6, 6.07) is 8.39. The van der Waals surface area contributed by atoms with Gasteiger partial charge in [-0.15, -0.1) is 0 Å². The minimum absolute atomic E-state index is 0.684. The molecule has 4 heteroatoms. The molecule has 0 saturated carbocycles. The molecule has 4 nitrogen and oxygen atoms in total. The van der Waals surface area contributed by atoms with Gasteiger partial charge in [-0.1, -0.05) is 25.1 Å². The lowest BCUT2D eigenvalue weighted by molar-refractivity contribution is 0.0613. The first kappa shape index (κ1) is 14.6. The van der Waals surface area contributed by atoms with Crippen LogP contribution in [0.15, 0.2) is 30.5 Å². The number of para-hydroxylation sites is 1. The topological polar surface area (TPSA) is 39.9 Å². The van der Waals surface area contributed by atoms with E-state index in [1.807, 2.05) is 12.3 Å². The molecule has 1 aliphatic rings. The van der Waals surface area contributed by atoms with Gasteiger partial charge in [0.2, 0.25) is 0 Å². The number of hydrogen-bond donors (Lipinski definition) is 0. The van der Waals surface area contributed by atoms with Gasteiger partial charge < -0.3 is 9.30 Å². The summed E-state index contributed by atoms with van der Waals surface area (Å²) in [5.74, 6) is 1.89. The molecule has 2 aromatic heterocycles. The Balaban J connectivity index is 1.86.